The summed E-state index contributed by atoms with van der Waals surface area (Å²) in [5.74, 6) is 0.176. The number of methoxy groups -OCH3 is 1. The molecule has 26 heavy (non-hydrogen) atoms. The molecule has 1 atom stereocenters. The lowest BCUT2D eigenvalue weighted by Crippen LogP contribution is -2.39. The molecule has 0 aliphatic heterocycles. The first kappa shape index (κ1) is 22.0. The zero-order chi connectivity index (χ0) is 19.5. The second-order valence-corrected chi connectivity index (χ2v) is 6.67. The summed E-state index contributed by atoms with van der Waals surface area (Å²) in [6.07, 6.45) is 1.16. The van der Waals surface area contributed by atoms with Gasteiger partial charge < -0.3 is 19.3 Å². The van der Waals surface area contributed by atoms with Crippen LogP contribution in [-0.2, 0) is 20.7 Å². The van der Waals surface area contributed by atoms with E-state index in [-0.39, 0.29) is 17.8 Å². The maximum Gasteiger partial charge on any atom is 0.310 e. The fraction of sp³-hybridized carbons (Fsp3) is 0.600. The number of ether oxygens (including phenoxy) is 2. The Balaban J connectivity index is 2.72. The van der Waals surface area contributed by atoms with E-state index in [9.17, 15) is 9.59 Å². The minimum atomic E-state index is -0.344. The molecule has 1 rings (SSSR count). The number of carbonyl (C=O) groups excluding carboxylic acids is 2. The molecular formula is C20H32N2O4. The van der Waals surface area contributed by atoms with Crippen LogP contribution < -0.4 is 4.74 Å². The van der Waals surface area contributed by atoms with Gasteiger partial charge in [-0.2, -0.15) is 0 Å². The monoisotopic (exact) mass is 364 g/mol. The highest BCUT2D eigenvalue weighted by Crippen LogP contribution is 2.14. The Kier molecular flexibility index (Phi) is 9.73. The van der Waals surface area contributed by atoms with Crippen molar-refractivity contribution in [2.75, 3.05) is 47.4 Å². The fourth-order valence-electron chi connectivity index (χ4n) is 2.66. The molecule has 146 valence electrons. The van der Waals surface area contributed by atoms with Gasteiger partial charge in [-0.3, -0.25) is 9.59 Å². The van der Waals surface area contributed by atoms with Crippen LogP contribution in [-0.4, -0.2) is 69.1 Å². The average molecular weight is 364 g/mol. The van der Waals surface area contributed by atoms with Crippen molar-refractivity contribution in [1.29, 1.82) is 0 Å². The fourth-order valence-corrected chi connectivity index (χ4v) is 2.66. The van der Waals surface area contributed by atoms with Gasteiger partial charge in [0.05, 0.1) is 26.1 Å². The lowest BCUT2D eigenvalue weighted by molar-refractivity contribution is -0.146. The molecule has 0 heterocycles. The Morgan fingerprint density at radius 3 is 2.31 bits per heavy atom. The van der Waals surface area contributed by atoms with E-state index in [0.29, 0.717) is 26.1 Å². The summed E-state index contributed by atoms with van der Waals surface area (Å²) in [6.45, 7) is 6.22. The molecule has 1 amide bonds. The van der Waals surface area contributed by atoms with Crippen LogP contribution in [0.4, 0.5) is 0 Å². The second kappa shape index (κ2) is 11.5. The molecule has 6 heteroatoms. The molecule has 1 aromatic rings. The van der Waals surface area contributed by atoms with Crippen molar-refractivity contribution in [3.05, 3.63) is 29.8 Å². The summed E-state index contributed by atoms with van der Waals surface area (Å²) in [5.41, 5.74) is 0.932. The predicted octanol–water partition coefficient (Wildman–Crippen LogP) is 2.22. The third-order valence-corrected chi connectivity index (χ3v) is 4.07. The average Bonchev–Trinajstić information content (AvgIpc) is 2.61. The van der Waals surface area contributed by atoms with E-state index >= 15 is 0 Å². The van der Waals surface area contributed by atoms with Crippen LogP contribution in [0.25, 0.3) is 0 Å². The van der Waals surface area contributed by atoms with Crippen LogP contribution in [0, 0.1) is 5.92 Å². The molecule has 6 nitrogen and oxygen atoms in total. The highest BCUT2D eigenvalue weighted by Gasteiger charge is 2.21. The summed E-state index contributed by atoms with van der Waals surface area (Å²) in [4.78, 5) is 28.3. The van der Waals surface area contributed by atoms with E-state index in [1.165, 1.54) is 7.11 Å². The molecule has 1 aromatic carbocycles. The Hall–Kier alpha value is -2.08. The molecule has 0 aromatic heterocycles. The minimum Gasteiger partial charge on any atom is -0.494 e. The van der Waals surface area contributed by atoms with Crippen LogP contribution in [0.3, 0.4) is 0 Å². The number of carbonyl (C=O) groups is 2. The minimum absolute atomic E-state index is 0.0173. The summed E-state index contributed by atoms with van der Waals surface area (Å²) in [5, 5.41) is 0. The summed E-state index contributed by atoms with van der Waals surface area (Å²) >= 11 is 0. The van der Waals surface area contributed by atoms with Crippen LogP contribution in [0.15, 0.2) is 24.3 Å². The molecular weight excluding hydrogens is 332 g/mol. The van der Waals surface area contributed by atoms with Crippen LogP contribution in [0.1, 0.15) is 25.8 Å². The van der Waals surface area contributed by atoms with Crippen molar-refractivity contribution in [2.24, 2.45) is 5.92 Å². The first-order chi connectivity index (χ1) is 12.4. The van der Waals surface area contributed by atoms with Crippen LogP contribution in [0.2, 0.25) is 0 Å². The predicted molar refractivity (Wildman–Crippen MR) is 102 cm³/mol. The number of nitrogens with zero attached hydrogens (tertiary/aromatic N) is 2. The molecule has 0 aliphatic carbocycles. The molecule has 0 saturated carbocycles. The molecule has 0 fully saturated rings. The van der Waals surface area contributed by atoms with E-state index in [0.717, 1.165) is 24.3 Å². The molecule has 0 aliphatic rings. The van der Waals surface area contributed by atoms with Crippen molar-refractivity contribution in [2.45, 2.75) is 26.7 Å². The molecule has 1 unspecified atom stereocenters. The van der Waals surface area contributed by atoms with Gasteiger partial charge in [-0.1, -0.05) is 19.1 Å². The van der Waals surface area contributed by atoms with E-state index < -0.39 is 0 Å². The highest BCUT2D eigenvalue weighted by molar-refractivity contribution is 5.80. The van der Waals surface area contributed by atoms with Crippen molar-refractivity contribution < 1.29 is 19.1 Å². The number of hydrogen-bond acceptors (Lipinski definition) is 5. The topological polar surface area (TPSA) is 59.1 Å². The van der Waals surface area contributed by atoms with Gasteiger partial charge >= 0.3 is 5.97 Å². The smallest absolute Gasteiger partial charge is 0.310 e. The van der Waals surface area contributed by atoms with Gasteiger partial charge in [0, 0.05) is 13.1 Å². The van der Waals surface area contributed by atoms with Crippen molar-refractivity contribution >= 4 is 11.9 Å². The van der Waals surface area contributed by atoms with Gasteiger partial charge in [0.2, 0.25) is 5.91 Å². The van der Waals surface area contributed by atoms with E-state index in [4.69, 9.17) is 9.47 Å². The Morgan fingerprint density at radius 2 is 1.77 bits per heavy atom. The number of esters is 1. The highest BCUT2D eigenvalue weighted by atomic mass is 16.5. The van der Waals surface area contributed by atoms with Gasteiger partial charge in [-0.05, 0) is 51.7 Å². The van der Waals surface area contributed by atoms with Gasteiger partial charge in [0.25, 0.3) is 0 Å². The first-order valence-electron chi connectivity index (χ1n) is 9.09. The third-order valence-electron chi connectivity index (χ3n) is 4.07. The van der Waals surface area contributed by atoms with E-state index in [2.05, 4.69) is 4.90 Å². The zero-order valence-corrected chi connectivity index (χ0v) is 16.7. The maximum absolute atomic E-state index is 12.8. The number of benzene rings is 1. The quantitative estimate of drug-likeness (QED) is 0.564. The SMILES string of the molecule is CCOc1ccc(CC(=O)N(CCCN(C)C)CC(C)C(=O)OC)cc1. The summed E-state index contributed by atoms with van der Waals surface area (Å²) < 4.78 is 10.2. The standard InChI is InChI=1S/C20H32N2O4/c1-6-26-18-10-8-17(9-11-18)14-19(23)22(13-7-12-21(3)4)15-16(2)20(24)25-5/h8-11,16H,6-7,12-15H2,1-5H3. The zero-order valence-electron chi connectivity index (χ0n) is 16.7. The third kappa shape index (κ3) is 7.87. The Bertz CT molecular complexity index is 557. The number of amides is 1. The maximum atomic E-state index is 12.8. The molecule has 0 N–H and O–H groups in total. The Labute approximate surface area is 157 Å². The molecule has 0 spiro atoms. The second-order valence-electron chi connectivity index (χ2n) is 6.67. The lowest BCUT2D eigenvalue weighted by atomic mass is 10.1. The lowest BCUT2D eigenvalue weighted by Gasteiger charge is -2.26. The number of rotatable bonds is 11. The number of hydrogen-bond donors (Lipinski definition) is 0. The molecule has 0 radical (unpaired) electrons. The van der Waals surface area contributed by atoms with Gasteiger partial charge in [-0.15, -0.1) is 0 Å². The van der Waals surface area contributed by atoms with Gasteiger partial charge in [-0.25, -0.2) is 0 Å². The Morgan fingerprint density at radius 1 is 1.12 bits per heavy atom. The van der Waals surface area contributed by atoms with Crippen LogP contribution >= 0.6 is 0 Å². The first-order valence-corrected chi connectivity index (χ1v) is 9.09. The summed E-state index contributed by atoms with van der Waals surface area (Å²) in [6, 6.07) is 7.56. The van der Waals surface area contributed by atoms with Crippen molar-refractivity contribution in [3.8, 4) is 5.75 Å². The normalized spacial score (nSPS) is 11.9. The van der Waals surface area contributed by atoms with Crippen molar-refractivity contribution in [1.82, 2.24) is 9.80 Å². The molecule has 0 bridgehead atoms. The van der Waals surface area contributed by atoms with Gasteiger partial charge in [0.15, 0.2) is 0 Å². The molecule has 0 saturated heterocycles. The van der Waals surface area contributed by atoms with Crippen LogP contribution in [0.5, 0.6) is 5.75 Å². The van der Waals surface area contributed by atoms with Gasteiger partial charge in [0.1, 0.15) is 5.75 Å². The summed E-state index contributed by atoms with van der Waals surface area (Å²) in [7, 11) is 5.38. The van der Waals surface area contributed by atoms with E-state index in [1.54, 1.807) is 11.8 Å². The largest absolute Gasteiger partial charge is 0.494 e. The van der Waals surface area contributed by atoms with Crippen molar-refractivity contribution in [3.63, 3.8) is 0 Å². The van der Waals surface area contributed by atoms with E-state index in [1.807, 2.05) is 45.3 Å².